The SMILES string of the molecule is CC1C(C(=O)O)CCN1CC(=O)Nc1ccc(Br)cc1Cl. The number of carbonyl (C=O) groups excluding carboxylic acids is 1. The zero-order valence-electron chi connectivity index (χ0n) is 11.5. The highest BCUT2D eigenvalue weighted by molar-refractivity contribution is 9.10. The fourth-order valence-corrected chi connectivity index (χ4v) is 3.24. The fourth-order valence-electron chi connectivity index (χ4n) is 2.52. The van der Waals surface area contributed by atoms with Gasteiger partial charge in [0.2, 0.25) is 5.91 Å². The zero-order chi connectivity index (χ0) is 15.6. The summed E-state index contributed by atoms with van der Waals surface area (Å²) in [6.07, 6.45) is 0.572. The Bertz CT molecular complexity index is 567. The molecule has 2 rings (SSSR count). The van der Waals surface area contributed by atoms with Crippen LogP contribution in [0.1, 0.15) is 13.3 Å². The number of carboxylic acid groups (broad SMARTS) is 1. The summed E-state index contributed by atoms with van der Waals surface area (Å²) in [6, 6.07) is 5.07. The van der Waals surface area contributed by atoms with Crippen molar-refractivity contribution in [2.24, 2.45) is 5.92 Å². The third-order valence-corrected chi connectivity index (χ3v) is 4.56. The molecule has 2 N–H and O–H groups in total. The summed E-state index contributed by atoms with van der Waals surface area (Å²) < 4.78 is 0.836. The number of hydrogen-bond donors (Lipinski definition) is 2. The molecule has 114 valence electrons. The molecule has 0 bridgehead atoms. The number of nitrogens with zero attached hydrogens (tertiary/aromatic N) is 1. The van der Waals surface area contributed by atoms with Crippen molar-refractivity contribution < 1.29 is 14.7 Å². The molecule has 1 amide bonds. The van der Waals surface area contributed by atoms with Crippen LogP contribution in [0, 0.1) is 5.92 Å². The number of carboxylic acids is 1. The molecule has 1 aliphatic heterocycles. The second-order valence-electron chi connectivity index (χ2n) is 5.12. The van der Waals surface area contributed by atoms with Crippen molar-refractivity contribution in [2.45, 2.75) is 19.4 Å². The van der Waals surface area contributed by atoms with E-state index >= 15 is 0 Å². The minimum atomic E-state index is -0.804. The summed E-state index contributed by atoms with van der Waals surface area (Å²) in [4.78, 5) is 25.0. The maximum Gasteiger partial charge on any atom is 0.308 e. The lowest BCUT2D eigenvalue weighted by molar-refractivity contribution is -0.142. The van der Waals surface area contributed by atoms with E-state index in [4.69, 9.17) is 16.7 Å². The van der Waals surface area contributed by atoms with Gasteiger partial charge in [0, 0.05) is 10.5 Å². The molecule has 2 unspecified atom stereocenters. The Morgan fingerprint density at radius 1 is 1.52 bits per heavy atom. The molecule has 1 aromatic carbocycles. The van der Waals surface area contributed by atoms with Crippen LogP contribution in [0.25, 0.3) is 0 Å². The molecule has 0 spiro atoms. The minimum absolute atomic E-state index is 0.145. The molecule has 5 nitrogen and oxygen atoms in total. The lowest BCUT2D eigenvalue weighted by Gasteiger charge is -2.22. The zero-order valence-corrected chi connectivity index (χ0v) is 13.8. The Hall–Kier alpha value is -1.11. The maximum atomic E-state index is 12.1. The fraction of sp³-hybridized carbons (Fsp3) is 0.429. The van der Waals surface area contributed by atoms with Crippen LogP contribution < -0.4 is 5.32 Å². The van der Waals surface area contributed by atoms with Crippen molar-refractivity contribution in [3.05, 3.63) is 27.7 Å². The quantitative estimate of drug-likeness (QED) is 0.849. The highest BCUT2D eigenvalue weighted by Crippen LogP contribution is 2.27. The number of carbonyl (C=O) groups is 2. The Morgan fingerprint density at radius 3 is 2.81 bits per heavy atom. The lowest BCUT2D eigenvalue weighted by Crippen LogP contribution is -2.38. The highest BCUT2D eigenvalue weighted by Gasteiger charge is 2.36. The number of rotatable bonds is 4. The summed E-state index contributed by atoms with van der Waals surface area (Å²) in [5, 5.41) is 12.3. The molecule has 1 heterocycles. The van der Waals surface area contributed by atoms with E-state index < -0.39 is 11.9 Å². The monoisotopic (exact) mass is 374 g/mol. The number of hydrogen-bond acceptors (Lipinski definition) is 3. The summed E-state index contributed by atoms with van der Waals surface area (Å²) in [5.74, 6) is -1.41. The van der Waals surface area contributed by atoms with E-state index in [0.29, 0.717) is 23.7 Å². The third-order valence-electron chi connectivity index (χ3n) is 3.75. The van der Waals surface area contributed by atoms with E-state index in [1.165, 1.54) is 0 Å². The summed E-state index contributed by atoms with van der Waals surface area (Å²) >= 11 is 9.35. The van der Waals surface area contributed by atoms with Gasteiger partial charge in [-0.3, -0.25) is 14.5 Å². The summed E-state index contributed by atoms with van der Waals surface area (Å²) in [5.41, 5.74) is 0.548. The van der Waals surface area contributed by atoms with Gasteiger partial charge >= 0.3 is 5.97 Å². The molecule has 0 saturated carbocycles. The van der Waals surface area contributed by atoms with Crippen molar-refractivity contribution in [2.75, 3.05) is 18.4 Å². The van der Waals surface area contributed by atoms with Crippen molar-refractivity contribution in [1.82, 2.24) is 4.90 Å². The molecule has 2 atom stereocenters. The third kappa shape index (κ3) is 3.96. The number of amides is 1. The summed E-state index contributed by atoms with van der Waals surface area (Å²) in [7, 11) is 0. The lowest BCUT2D eigenvalue weighted by atomic mass is 10.0. The Morgan fingerprint density at radius 2 is 2.24 bits per heavy atom. The van der Waals surface area contributed by atoms with E-state index in [-0.39, 0.29) is 18.5 Å². The van der Waals surface area contributed by atoms with Gasteiger partial charge in [-0.05, 0) is 38.1 Å². The van der Waals surface area contributed by atoms with Crippen LogP contribution in [-0.4, -0.2) is 41.0 Å². The number of benzene rings is 1. The van der Waals surface area contributed by atoms with Crippen molar-refractivity contribution in [3.8, 4) is 0 Å². The first-order valence-electron chi connectivity index (χ1n) is 6.60. The predicted octanol–water partition coefficient (Wildman–Crippen LogP) is 2.84. The first-order chi connectivity index (χ1) is 9.88. The van der Waals surface area contributed by atoms with Crippen LogP contribution in [0.2, 0.25) is 5.02 Å². The van der Waals surface area contributed by atoms with E-state index in [9.17, 15) is 9.59 Å². The normalized spacial score (nSPS) is 22.2. The predicted molar refractivity (Wildman–Crippen MR) is 84.6 cm³/mol. The van der Waals surface area contributed by atoms with Gasteiger partial charge in [0.25, 0.3) is 0 Å². The molecule has 7 heteroatoms. The topological polar surface area (TPSA) is 69.6 Å². The van der Waals surface area contributed by atoms with Crippen LogP contribution in [0.15, 0.2) is 22.7 Å². The van der Waals surface area contributed by atoms with Gasteiger partial charge in [-0.1, -0.05) is 27.5 Å². The maximum absolute atomic E-state index is 12.1. The molecule has 1 saturated heterocycles. The molecule has 0 aliphatic carbocycles. The van der Waals surface area contributed by atoms with Crippen molar-refractivity contribution >= 4 is 45.1 Å². The van der Waals surface area contributed by atoms with E-state index in [2.05, 4.69) is 21.2 Å². The molecule has 1 aromatic rings. The van der Waals surface area contributed by atoms with Crippen LogP contribution in [-0.2, 0) is 9.59 Å². The second-order valence-corrected chi connectivity index (χ2v) is 6.44. The Labute approximate surface area is 136 Å². The summed E-state index contributed by atoms with van der Waals surface area (Å²) in [6.45, 7) is 2.61. The van der Waals surface area contributed by atoms with Gasteiger partial charge in [0.1, 0.15) is 0 Å². The van der Waals surface area contributed by atoms with Gasteiger partial charge in [0.05, 0.1) is 23.2 Å². The van der Waals surface area contributed by atoms with Crippen LogP contribution in [0.5, 0.6) is 0 Å². The van der Waals surface area contributed by atoms with Crippen LogP contribution >= 0.6 is 27.5 Å². The van der Waals surface area contributed by atoms with Crippen molar-refractivity contribution in [1.29, 1.82) is 0 Å². The number of likely N-dealkylation sites (tertiary alicyclic amines) is 1. The average Bonchev–Trinajstić information content (AvgIpc) is 2.74. The highest BCUT2D eigenvalue weighted by atomic mass is 79.9. The first kappa shape index (κ1) is 16.3. The molecular weight excluding hydrogens is 360 g/mol. The minimum Gasteiger partial charge on any atom is -0.481 e. The Balaban J connectivity index is 1.95. The molecular formula is C14H16BrClN2O3. The van der Waals surface area contributed by atoms with Gasteiger partial charge in [-0.2, -0.15) is 0 Å². The molecule has 21 heavy (non-hydrogen) atoms. The number of aliphatic carboxylic acids is 1. The van der Waals surface area contributed by atoms with Gasteiger partial charge < -0.3 is 10.4 Å². The molecule has 1 fully saturated rings. The smallest absolute Gasteiger partial charge is 0.308 e. The average molecular weight is 376 g/mol. The number of halogens is 2. The Kier molecular flexibility index (Phi) is 5.24. The van der Waals surface area contributed by atoms with Crippen molar-refractivity contribution in [3.63, 3.8) is 0 Å². The van der Waals surface area contributed by atoms with Gasteiger partial charge in [-0.25, -0.2) is 0 Å². The van der Waals surface area contributed by atoms with E-state index in [1.807, 2.05) is 11.8 Å². The van der Waals surface area contributed by atoms with Crippen LogP contribution in [0.3, 0.4) is 0 Å². The van der Waals surface area contributed by atoms with E-state index in [1.54, 1.807) is 18.2 Å². The molecule has 1 aliphatic rings. The molecule has 0 aromatic heterocycles. The van der Waals surface area contributed by atoms with Gasteiger partial charge in [-0.15, -0.1) is 0 Å². The second kappa shape index (κ2) is 6.77. The van der Waals surface area contributed by atoms with Gasteiger partial charge in [0.15, 0.2) is 0 Å². The standard InChI is InChI=1S/C14H16BrClN2O3/c1-8-10(14(20)21)4-5-18(8)7-13(19)17-12-3-2-9(15)6-11(12)16/h2-3,6,8,10H,4-5,7H2,1H3,(H,17,19)(H,20,21). The van der Waals surface area contributed by atoms with Crippen LogP contribution in [0.4, 0.5) is 5.69 Å². The number of anilines is 1. The number of nitrogens with one attached hydrogen (secondary N) is 1. The molecule has 0 radical (unpaired) electrons. The van der Waals surface area contributed by atoms with E-state index in [0.717, 1.165) is 4.47 Å². The first-order valence-corrected chi connectivity index (χ1v) is 7.77. The largest absolute Gasteiger partial charge is 0.481 e.